The number of hydrogen-bond donors (Lipinski definition) is 1. The monoisotopic (exact) mass is 313 g/mol. The summed E-state index contributed by atoms with van der Waals surface area (Å²) in [6.45, 7) is 1.93. The van der Waals surface area contributed by atoms with Gasteiger partial charge in [-0.3, -0.25) is 4.79 Å². The second-order valence-corrected chi connectivity index (χ2v) is 6.02. The van der Waals surface area contributed by atoms with Gasteiger partial charge in [-0.15, -0.1) is 0 Å². The lowest BCUT2D eigenvalue weighted by molar-refractivity contribution is -0.127. The molecule has 1 aliphatic carbocycles. The van der Waals surface area contributed by atoms with Gasteiger partial charge in [0.25, 0.3) is 0 Å². The smallest absolute Gasteiger partial charge is 0.144 e. The van der Waals surface area contributed by atoms with Crippen LogP contribution in [0.1, 0.15) is 31.7 Å². The first-order valence-electron chi connectivity index (χ1n) is 6.17. The Morgan fingerprint density at radius 3 is 2.94 bits per heavy atom. The molecule has 1 aromatic carbocycles. The minimum atomic E-state index is -0.453. The molecule has 0 spiro atoms. The van der Waals surface area contributed by atoms with Gasteiger partial charge in [0.05, 0.1) is 4.47 Å². The van der Waals surface area contributed by atoms with Gasteiger partial charge in [-0.25, -0.2) is 4.39 Å². The van der Waals surface area contributed by atoms with Crippen molar-refractivity contribution in [1.82, 2.24) is 0 Å². The molecule has 0 bridgehead atoms. The standard InChI is InChI=1S/C14H17BrFNO/c1-14(7-3-6-11(14)17)12(18)8-9-4-2-5-10(16)13(9)15/h2,4-5,11H,3,6-8,17H2,1H3. The summed E-state index contributed by atoms with van der Waals surface area (Å²) >= 11 is 3.19. The maximum absolute atomic E-state index is 13.4. The fraction of sp³-hybridized carbons (Fsp3) is 0.500. The Morgan fingerprint density at radius 1 is 1.61 bits per heavy atom. The number of halogens is 2. The summed E-state index contributed by atoms with van der Waals surface area (Å²) in [6, 6.07) is 4.70. The van der Waals surface area contributed by atoms with Gasteiger partial charge in [-0.05, 0) is 40.4 Å². The van der Waals surface area contributed by atoms with E-state index in [-0.39, 0.29) is 24.1 Å². The van der Waals surface area contributed by atoms with Crippen molar-refractivity contribution in [2.75, 3.05) is 0 Å². The number of carbonyl (C=O) groups is 1. The quantitative estimate of drug-likeness (QED) is 0.931. The van der Waals surface area contributed by atoms with E-state index in [1.54, 1.807) is 12.1 Å². The van der Waals surface area contributed by atoms with Crippen LogP contribution in [0, 0.1) is 11.2 Å². The zero-order valence-electron chi connectivity index (χ0n) is 10.4. The number of benzene rings is 1. The van der Waals surface area contributed by atoms with E-state index in [9.17, 15) is 9.18 Å². The average molecular weight is 314 g/mol. The summed E-state index contributed by atoms with van der Waals surface area (Å²) in [5, 5.41) is 0. The lowest BCUT2D eigenvalue weighted by atomic mass is 9.78. The van der Waals surface area contributed by atoms with Crippen LogP contribution in [0.5, 0.6) is 0 Å². The number of nitrogens with two attached hydrogens (primary N) is 1. The van der Waals surface area contributed by atoms with Gasteiger partial charge < -0.3 is 5.73 Å². The van der Waals surface area contributed by atoms with Gasteiger partial charge in [-0.2, -0.15) is 0 Å². The number of Topliss-reactive ketones (excluding diaryl/α,β-unsaturated/α-hetero) is 1. The predicted octanol–water partition coefficient (Wildman–Crippen LogP) is 3.22. The zero-order chi connectivity index (χ0) is 13.3. The van der Waals surface area contributed by atoms with E-state index in [2.05, 4.69) is 15.9 Å². The maximum atomic E-state index is 13.4. The summed E-state index contributed by atoms with van der Waals surface area (Å²) in [7, 11) is 0. The van der Waals surface area contributed by atoms with E-state index in [1.807, 2.05) is 6.92 Å². The molecular weight excluding hydrogens is 297 g/mol. The normalized spacial score (nSPS) is 27.4. The molecule has 2 atom stereocenters. The molecule has 1 aromatic rings. The lowest BCUT2D eigenvalue weighted by Crippen LogP contribution is -2.41. The van der Waals surface area contributed by atoms with Gasteiger partial charge >= 0.3 is 0 Å². The number of hydrogen-bond acceptors (Lipinski definition) is 2. The van der Waals surface area contributed by atoms with Crippen molar-refractivity contribution in [2.24, 2.45) is 11.1 Å². The highest BCUT2D eigenvalue weighted by Crippen LogP contribution is 2.38. The molecular formula is C14H17BrFNO. The fourth-order valence-corrected chi connectivity index (χ4v) is 3.00. The van der Waals surface area contributed by atoms with Crippen molar-refractivity contribution in [3.8, 4) is 0 Å². The van der Waals surface area contributed by atoms with Gasteiger partial charge in [0, 0.05) is 17.9 Å². The molecule has 2 unspecified atom stereocenters. The molecule has 2 rings (SSSR count). The third-order valence-corrected chi connectivity index (χ3v) is 4.94. The summed E-state index contributed by atoms with van der Waals surface area (Å²) in [4.78, 5) is 12.4. The van der Waals surface area contributed by atoms with Gasteiger partial charge in [0.2, 0.25) is 0 Å². The van der Waals surface area contributed by atoms with Crippen LogP contribution in [0.2, 0.25) is 0 Å². The molecule has 0 aromatic heterocycles. The van der Waals surface area contributed by atoms with Gasteiger partial charge in [0.15, 0.2) is 0 Å². The van der Waals surface area contributed by atoms with Crippen LogP contribution in [0.3, 0.4) is 0 Å². The predicted molar refractivity (Wildman–Crippen MR) is 72.7 cm³/mol. The van der Waals surface area contributed by atoms with E-state index >= 15 is 0 Å². The summed E-state index contributed by atoms with van der Waals surface area (Å²) in [5.41, 5.74) is 6.27. The second kappa shape index (κ2) is 5.10. The van der Waals surface area contributed by atoms with Crippen LogP contribution in [0.25, 0.3) is 0 Å². The molecule has 0 radical (unpaired) electrons. The molecule has 2 nitrogen and oxygen atoms in total. The lowest BCUT2D eigenvalue weighted by Gasteiger charge is -2.27. The molecule has 0 heterocycles. The molecule has 18 heavy (non-hydrogen) atoms. The highest BCUT2D eigenvalue weighted by atomic mass is 79.9. The molecule has 1 aliphatic rings. The maximum Gasteiger partial charge on any atom is 0.144 e. The Labute approximate surface area is 115 Å². The Balaban J connectivity index is 2.19. The van der Waals surface area contributed by atoms with Crippen LogP contribution in [-0.4, -0.2) is 11.8 Å². The minimum absolute atomic E-state index is 0.0719. The molecule has 2 N–H and O–H groups in total. The van der Waals surface area contributed by atoms with Crippen LogP contribution >= 0.6 is 15.9 Å². The Bertz CT molecular complexity index is 477. The first-order valence-corrected chi connectivity index (χ1v) is 6.96. The SMILES string of the molecule is CC1(C(=O)Cc2cccc(F)c2Br)CCCC1N. The third-order valence-electron chi connectivity index (χ3n) is 4.05. The first kappa shape index (κ1) is 13.7. The largest absolute Gasteiger partial charge is 0.327 e. The fourth-order valence-electron chi connectivity index (χ4n) is 2.60. The molecule has 98 valence electrons. The second-order valence-electron chi connectivity index (χ2n) is 5.23. The van der Waals surface area contributed by atoms with Crippen molar-refractivity contribution >= 4 is 21.7 Å². The number of carbonyl (C=O) groups excluding carboxylic acids is 1. The highest BCUT2D eigenvalue weighted by molar-refractivity contribution is 9.10. The Kier molecular flexibility index (Phi) is 3.87. The van der Waals surface area contributed by atoms with Crippen molar-refractivity contribution in [3.63, 3.8) is 0 Å². The summed E-state index contributed by atoms with van der Waals surface area (Å²) in [6.07, 6.45) is 2.96. The van der Waals surface area contributed by atoms with Crippen LogP contribution in [-0.2, 0) is 11.2 Å². The first-order chi connectivity index (χ1) is 8.45. The van der Waals surface area contributed by atoms with Crippen LogP contribution in [0.4, 0.5) is 4.39 Å². The third kappa shape index (κ3) is 2.36. The van der Waals surface area contributed by atoms with Gasteiger partial charge in [0.1, 0.15) is 11.6 Å². The van der Waals surface area contributed by atoms with E-state index < -0.39 is 5.41 Å². The molecule has 0 saturated heterocycles. The van der Waals surface area contributed by atoms with Crippen LogP contribution in [0.15, 0.2) is 22.7 Å². The number of ketones is 1. The zero-order valence-corrected chi connectivity index (χ0v) is 12.0. The average Bonchev–Trinajstić information content (AvgIpc) is 2.67. The van der Waals surface area contributed by atoms with E-state index in [4.69, 9.17) is 5.73 Å². The molecule has 1 saturated carbocycles. The number of rotatable bonds is 3. The Hall–Kier alpha value is -0.740. The minimum Gasteiger partial charge on any atom is -0.327 e. The van der Waals surface area contributed by atoms with Crippen molar-refractivity contribution in [3.05, 3.63) is 34.1 Å². The van der Waals surface area contributed by atoms with E-state index in [1.165, 1.54) is 6.07 Å². The van der Waals surface area contributed by atoms with Crippen LogP contribution < -0.4 is 5.73 Å². The molecule has 4 heteroatoms. The summed E-state index contributed by atoms with van der Waals surface area (Å²) in [5.74, 6) is -0.222. The van der Waals surface area contributed by atoms with Crippen molar-refractivity contribution < 1.29 is 9.18 Å². The van der Waals surface area contributed by atoms with E-state index in [0.29, 0.717) is 10.0 Å². The summed E-state index contributed by atoms with van der Waals surface area (Å²) < 4.78 is 13.8. The topological polar surface area (TPSA) is 43.1 Å². The van der Waals surface area contributed by atoms with Crippen molar-refractivity contribution in [2.45, 2.75) is 38.6 Å². The Morgan fingerprint density at radius 2 is 2.33 bits per heavy atom. The van der Waals surface area contributed by atoms with E-state index in [0.717, 1.165) is 19.3 Å². The molecule has 0 aliphatic heterocycles. The van der Waals surface area contributed by atoms with Crippen molar-refractivity contribution in [1.29, 1.82) is 0 Å². The molecule has 0 amide bonds. The molecule has 1 fully saturated rings. The highest BCUT2D eigenvalue weighted by Gasteiger charge is 2.42. The van der Waals surface area contributed by atoms with Gasteiger partial charge in [-0.1, -0.05) is 25.5 Å².